The van der Waals surface area contributed by atoms with Crippen molar-refractivity contribution in [1.29, 1.82) is 0 Å². The summed E-state index contributed by atoms with van der Waals surface area (Å²) in [7, 11) is 0. The van der Waals surface area contributed by atoms with Gasteiger partial charge in [0.05, 0.1) is 6.04 Å². The van der Waals surface area contributed by atoms with Crippen LogP contribution in [0.1, 0.15) is 37.1 Å². The molecule has 92 valence electrons. The molecule has 4 nitrogen and oxygen atoms in total. The van der Waals surface area contributed by atoms with Gasteiger partial charge >= 0.3 is 0 Å². The molecule has 0 saturated carbocycles. The molecule has 0 aromatic carbocycles. The van der Waals surface area contributed by atoms with Gasteiger partial charge in [0.15, 0.2) is 5.82 Å². The van der Waals surface area contributed by atoms with Crippen LogP contribution in [0.25, 0.3) is 0 Å². The molecule has 0 amide bonds. The Balaban J connectivity index is 2.39. The number of nitrogens with zero attached hydrogens (tertiary/aromatic N) is 3. The van der Waals surface area contributed by atoms with E-state index in [-0.39, 0.29) is 6.04 Å². The fraction of sp³-hybridized carbons (Fsp3) is 0.500. The van der Waals surface area contributed by atoms with Crippen LogP contribution in [0.2, 0.25) is 0 Å². The van der Waals surface area contributed by atoms with Gasteiger partial charge in [0.2, 0.25) is 0 Å². The van der Waals surface area contributed by atoms with Gasteiger partial charge < -0.3 is 5.73 Å². The zero-order chi connectivity index (χ0) is 12.3. The molecular weight excluding hydrogens is 232 g/mol. The summed E-state index contributed by atoms with van der Waals surface area (Å²) in [6.07, 6.45) is 1.74. The van der Waals surface area contributed by atoms with Crippen molar-refractivity contribution in [3.8, 4) is 0 Å². The maximum absolute atomic E-state index is 5.89. The highest BCUT2D eigenvalue weighted by Crippen LogP contribution is 2.21. The first-order valence-electron chi connectivity index (χ1n) is 5.96. The molecule has 2 N–H and O–H groups in total. The molecule has 0 fully saturated rings. The molecule has 0 radical (unpaired) electrons. The smallest absolute Gasteiger partial charge is 0.150 e. The normalized spacial score (nSPS) is 12.9. The van der Waals surface area contributed by atoms with Gasteiger partial charge in [-0.3, -0.25) is 0 Å². The number of hydrogen-bond acceptors (Lipinski definition) is 4. The molecule has 5 heteroatoms. The first kappa shape index (κ1) is 12.3. The molecule has 0 aliphatic heterocycles. The molecule has 2 heterocycles. The number of aromatic nitrogens is 3. The largest absolute Gasteiger partial charge is 0.328 e. The van der Waals surface area contributed by atoms with Crippen molar-refractivity contribution < 1.29 is 0 Å². The van der Waals surface area contributed by atoms with Gasteiger partial charge in [-0.15, -0.1) is 0 Å². The third kappa shape index (κ3) is 2.40. The van der Waals surface area contributed by atoms with E-state index in [4.69, 9.17) is 5.73 Å². The molecule has 0 saturated heterocycles. The second-order valence-electron chi connectivity index (χ2n) is 3.90. The lowest BCUT2D eigenvalue weighted by atomic mass is 10.1. The van der Waals surface area contributed by atoms with Gasteiger partial charge in [0, 0.05) is 19.4 Å². The summed E-state index contributed by atoms with van der Waals surface area (Å²) in [5.41, 5.74) is 7.11. The van der Waals surface area contributed by atoms with Gasteiger partial charge in [-0.05, 0) is 22.4 Å². The van der Waals surface area contributed by atoms with Crippen molar-refractivity contribution in [2.45, 2.75) is 32.7 Å². The molecule has 0 bridgehead atoms. The number of aryl methyl sites for hydroxylation is 2. The van der Waals surface area contributed by atoms with Gasteiger partial charge in [-0.1, -0.05) is 13.8 Å². The van der Waals surface area contributed by atoms with E-state index in [1.54, 1.807) is 11.3 Å². The van der Waals surface area contributed by atoms with Gasteiger partial charge in [-0.2, -0.15) is 16.4 Å². The van der Waals surface area contributed by atoms with Gasteiger partial charge in [0.25, 0.3) is 0 Å². The predicted molar refractivity (Wildman–Crippen MR) is 70.3 cm³/mol. The Morgan fingerprint density at radius 3 is 2.76 bits per heavy atom. The summed E-state index contributed by atoms with van der Waals surface area (Å²) in [6.45, 7) is 4.72. The van der Waals surface area contributed by atoms with Crippen LogP contribution in [0.15, 0.2) is 16.8 Å². The molecule has 2 aromatic heterocycles. The fourth-order valence-electron chi connectivity index (χ4n) is 1.89. The van der Waals surface area contributed by atoms with E-state index in [1.807, 2.05) is 4.68 Å². The van der Waals surface area contributed by atoms with Crippen LogP contribution in [0.3, 0.4) is 0 Å². The van der Waals surface area contributed by atoms with Crippen molar-refractivity contribution in [1.82, 2.24) is 14.8 Å². The van der Waals surface area contributed by atoms with Gasteiger partial charge in [0.1, 0.15) is 5.82 Å². The van der Waals surface area contributed by atoms with E-state index in [2.05, 4.69) is 40.8 Å². The zero-order valence-corrected chi connectivity index (χ0v) is 11.1. The lowest BCUT2D eigenvalue weighted by molar-refractivity contribution is 0.507. The Bertz CT molecular complexity index is 461. The maximum atomic E-state index is 5.89. The zero-order valence-electron chi connectivity index (χ0n) is 10.3. The average molecular weight is 250 g/mol. The number of thiophene rings is 1. The van der Waals surface area contributed by atoms with E-state index in [0.29, 0.717) is 6.54 Å². The predicted octanol–water partition coefficient (Wildman–Crippen LogP) is 2.01. The van der Waals surface area contributed by atoms with E-state index < -0.39 is 0 Å². The molecule has 0 aliphatic carbocycles. The van der Waals surface area contributed by atoms with Crippen molar-refractivity contribution in [2.24, 2.45) is 5.73 Å². The third-order valence-electron chi connectivity index (χ3n) is 2.82. The quantitative estimate of drug-likeness (QED) is 0.883. The molecule has 0 spiro atoms. The Morgan fingerprint density at radius 2 is 2.24 bits per heavy atom. The van der Waals surface area contributed by atoms with Crippen molar-refractivity contribution in [2.75, 3.05) is 6.54 Å². The monoisotopic (exact) mass is 250 g/mol. The second kappa shape index (κ2) is 5.42. The van der Waals surface area contributed by atoms with Crippen molar-refractivity contribution in [3.05, 3.63) is 34.0 Å². The van der Waals surface area contributed by atoms with E-state index in [0.717, 1.165) is 24.5 Å². The molecule has 1 atom stereocenters. The average Bonchev–Trinajstić information content (AvgIpc) is 2.99. The number of hydrogen-bond donors (Lipinski definition) is 1. The SMILES string of the molecule is CCc1nc(CC)n(C(CN)c2ccsc2)n1. The summed E-state index contributed by atoms with van der Waals surface area (Å²) >= 11 is 1.69. The fourth-order valence-corrected chi connectivity index (χ4v) is 2.59. The van der Waals surface area contributed by atoms with E-state index >= 15 is 0 Å². The lowest BCUT2D eigenvalue weighted by Gasteiger charge is -2.15. The molecular formula is C12H18N4S. The van der Waals surface area contributed by atoms with Gasteiger partial charge in [-0.25, -0.2) is 9.67 Å². The minimum absolute atomic E-state index is 0.115. The summed E-state index contributed by atoms with van der Waals surface area (Å²) in [4.78, 5) is 4.53. The Labute approximate surface area is 105 Å². The topological polar surface area (TPSA) is 56.7 Å². The highest BCUT2D eigenvalue weighted by Gasteiger charge is 2.18. The van der Waals surface area contributed by atoms with Crippen LogP contribution in [0.5, 0.6) is 0 Å². The standard InChI is InChI=1S/C12H18N4S/c1-3-11-14-12(4-2)16(15-11)10(7-13)9-5-6-17-8-9/h5-6,8,10H,3-4,7,13H2,1-2H3. The van der Waals surface area contributed by atoms with Crippen LogP contribution < -0.4 is 5.73 Å². The second-order valence-corrected chi connectivity index (χ2v) is 4.68. The summed E-state index contributed by atoms with van der Waals surface area (Å²) in [5.74, 6) is 1.92. The Kier molecular flexibility index (Phi) is 3.91. The molecule has 2 rings (SSSR count). The minimum atomic E-state index is 0.115. The van der Waals surface area contributed by atoms with Crippen LogP contribution in [0.4, 0.5) is 0 Å². The number of nitrogens with two attached hydrogens (primary N) is 1. The van der Waals surface area contributed by atoms with Crippen molar-refractivity contribution in [3.63, 3.8) is 0 Å². The first-order valence-corrected chi connectivity index (χ1v) is 6.90. The van der Waals surface area contributed by atoms with Crippen LogP contribution in [-0.2, 0) is 12.8 Å². The van der Waals surface area contributed by atoms with Crippen molar-refractivity contribution >= 4 is 11.3 Å². The Hall–Kier alpha value is -1.20. The first-order chi connectivity index (χ1) is 8.30. The summed E-state index contributed by atoms with van der Waals surface area (Å²) in [5, 5.41) is 8.76. The third-order valence-corrected chi connectivity index (χ3v) is 3.53. The van der Waals surface area contributed by atoms with E-state index in [9.17, 15) is 0 Å². The van der Waals surface area contributed by atoms with E-state index in [1.165, 1.54) is 5.56 Å². The highest BCUT2D eigenvalue weighted by atomic mass is 32.1. The minimum Gasteiger partial charge on any atom is -0.328 e. The molecule has 2 aromatic rings. The summed E-state index contributed by atoms with van der Waals surface area (Å²) < 4.78 is 1.99. The molecule has 1 unspecified atom stereocenters. The number of rotatable bonds is 5. The lowest BCUT2D eigenvalue weighted by Crippen LogP contribution is -2.23. The highest BCUT2D eigenvalue weighted by molar-refractivity contribution is 7.07. The molecule has 17 heavy (non-hydrogen) atoms. The maximum Gasteiger partial charge on any atom is 0.150 e. The van der Waals surface area contributed by atoms with Crippen LogP contribution in [-0.4, -0.2) is 21.3 Å². The van der Waals surface area contributed by atoms with Crippen LogP contribution in [0, 0.1) is 0 Å². The Morgan fingerprint density at radius 1 is 1.41 bits per heavy atom. The van der Waals surface area contributed by atoms with Crippen LogP contribution >= 0.6 is 11.3 Å². The summed E-state index contributed by atoms with van der Waals surface area (Å²) in [6, 6.07) is 2.22. The molecule has 0 aliphatic rings.